The third-order valence-electron chi connectivity index (χ3n) is 4.61. The van der Waals surface area contributed by atoms with Gasteiger partial charge in [-0.25, -0.2) is 0 Å². The molecule has 156 valence electrons. The Bertz CT molecular complexity index is 679. The second-order valence-electron chi connectivity index (χ2n) is 6.26. The maximum atomic E-state index is 12.3. The summed E-state index contributed by atoms with van der Waals surface area (Å²) in [7, 11) is 0. The number of hydrogen-bond donors (Lipinski definition) is 1. The number of ketones is 1. The Hall–Kier alpha value is -1.96. The third-order valence-corrected chi connectivity index (χ3v) is 4.61. The van der Waals surface area contributed by atoms with Crippen LogP contribution in [0.4, 0.5) is 0 Å². The normalized spacial score (nSPS) is 16.6. The van der Waals surface area contributed by atoms with Gasteiger partial charge in [0, 0.05) is 28.6 Å². The van der Waals surface area contributed by atoms with Crippen molar-refractivity contribution < 1.29 is 35.8 Å². The fraction of sp³-hybridized carbons (Fsp3) is 0.435. The first kappa shape index (κ1) is 31.7. The fourth-order valence-corrected chi connectivity index (χ4v) is 3.15. The van der Waals surface area contributed by atoms with Gasteiger partial charge >= 0.3 is 33.9 Å². The molecule has 0 radical (unpaired) electrons. The van der Waals surface area contributed by atoms with Crippen LogP contribution in [0, 0.1) is 31.3 Å². The van der Waals surface area contributed by atoms with E-state index in [1.54, 1.807) is 6.08 Å². The molecule has 1 atom stereocenters. The molecule has 0 heterocycles. The quantitative estimate of drug-likeness (QED) is 0.191. The molecule has 0 aliphatic heterocycles. The summed E-state index contributed by atoms with van der Waals surface area (Å²) < 4.78 is 22.5. The minimum Gasteiger partial charge on any atom is 0 e. The van der Waals surface area contributed by atoms with E-state index in [0.29, 0.717) is 5.71 Å². The van der Waals surface area contributed by atoms with Gasteiger partial charge in [0.15, 0.2) is 5.78 Å². The summed E-state index contributed by atoms with van der Waals surface area (Å²) >= 11 is 0. The van der Waals surface area contributed by atoms with E-state index in [1.165, 1.54) is 25.7 Å². The molecule has 0 unspecified atom stereocenters. The van der Waals surface area contributed by atoms with Crippen molar-refractivity contribution in [3.05, 3.63) is 67.1 Å². The summed E-state index contributed by atoms with van der Waals surface area (Å²) in [5.74, 6) is 0.280. The Morgan fingerprint density at radius 1 is 1.03 bits per heavy atom. The van der Waals surface area contributed by atoms with Crippen LogP contribution in [0.3, 0.4) is 0 Å². The maximum Gasteiger partial charge on any atom is 0 e. The zero-order valence-electron chi connectivity index (χ0n) is 16.9. The van der Waals surface area contributed by atoms with Crippen LogP contribution in [0.2, 0.25) is 0 Å². The van der Waals surface area contributed by atoms with Gasteiger partial charge in [-0.1, -0.05) is 56.9 Å². The van der Waals surface area contributed by atoms with Gasteiger partial charge in [-0.3, -0.25) is 4.79 Å². The first-order chi connectivity index (χ1) is 13.6. The van der Waals surface area contributed by atoms with E-state index >= 15 is 0 Å². The Labute approximate surface area is 184 Å². The minimum atomic E-state index is 0. The van der Waals surface area contributed by atoms with E-state index in [4.69, 9.17) is 19.4 Å². The molecule has 0 bridgehead atoms. The molecular weight excluding hydrogens is 410 g/mol. The number of allylic oxidation sites excluding steroid dienone is 8. The molecule has 0 saturated heterocycles. The number of nitrogens with one attached hydrogen (secondary N) is 1. The molecule has 2 rings (SSSR count). The molecular formula is C23H27FeNO4. The van der Waals surface area contributed by atoms with Crippen molar-refractivity contribution >= 4 is 11.5 Å². The standard InChI is InChI=1S/C20H27NO.3CO.Fe/c1-3-4-5-6-10-13-17-15(2)19(22)14-18(20(17)21)16-11-8-7-9-12-16;3*1-2;/h7-9,11,14,16,21H,3-6,10,12-13H2,1-2H3;;;;/t16-;;;;/m1..../s1. The number of hydrogen-bond acceptors (Lipinski definition) is 2. The molecule has 0 aromatic carbocycles. The zero-order chi connectivity index (χ0) is 21.9. The minimum absolute atomic E-state index is 0. The van der Waals surface area contributed by atoms with Gasteiger partial charge in [0.05, 0.1) is 5.71 Å². The van der Waals surface area contributed by atoms with Crippen LogP contribution in [0.25, 0.3) is 0 Å². The summed E-state index contributed by atoms with van der Waals surface area (Å²) in [5, 5.41) is 8.54. The maximum absolute atomic E-state index is 12.3. The zero-order valence-corrected chi connectivity index (χ0v) is 18.0. The van der Waals surface area contributed by atoms with Crippen molar-refractivity contribution in [2.45, 2.75) is 58.8 Å². The van der Waals surface area contributed by atoms with Crippen LogP contribution in [-0.4, -0.2) is 11.5 Å². The second kappa shape index (κ2) is 20.8. The molecule has 0 aromatic rings. The Morgan fingerprint density at radius 2 is 1.62 bits per heavy atom. The van der Waals surface area contributed by atoms with E-state index in [2.05, 4.69) is 39.0 Å². The van der Waals surface area contributed by atoms with Gasteiger partial charge in [0.25, 0.3) is 0 Å². The number of unbranched alkanes of at least 4 members (excludes halogenated alkanes) is 4. The predicted molar refractivity (Wildman–Crippen MR) is 105 cm³/mol. The number of carbonyl (C=O) groups is 1. The van der Waals surface area contributed by atoms with Crippen molar-refractivity contribution in [2.75, 3.05) is 0 Å². The first-order valence-electron chi connectivity index (χ1n) is 9.14. The number of rotatable bonds is 7. The van der Waals surface area contributed by atoms with Crippen molar-refractivity contribution in [1.82, 2.24) is 0 Å². The summed E-state index contributed by atoms with van der Waals surface area (Å²) in [6.45, 7) is 17.6. The van der Waals surface area contributed by atoms with Crippen LogP contribution in [0.1, 0.15) is 58.8 Å². The second-order valence-corrected chi connectivity index (χ2v) is 6.26. The van der Waals surface area contributed by atoms with E-state index in [-0.39, 0.29) is 28.8 Å². The van der Waals surface area contributed by atoms with Gasteiger partial charge in [-0.15, -0.1) is 0 Å². The van der Waals surface area contributed by atoms with Crippen molar-refractivity contribution in [3.63, 3.8) is 0 Å². The molecule has 0 amide bonds. The van der Waals surface area contributed by atoms with Crippen LogP contribution in [0.15, 0.2) is 47.1 Å². The molecule has 29 heavy (non-hydrogen) atoms. The van der Waals surface area contributed by atoms with Crippen LogP contribution < -0.4 is 0 Å². The summed E-state index contributed by atoms with van der Waals surface area (Å²) in [6, 6.07) is 0. The van der Waals surface area contributed by atoms with Gasteiger partial charge < -0.3 is 5.41 Å². The molecule has 5 nitrogen and oxygen atoms in total. The Morgan fingerprint density at radius 3 is 2.14 bits per heavy atom. The molecule has 6 heteroatoms. The SMILES string of the molecule is CCCCCCCC1=C(C)C(=O)C=C([C@@H]2C=CC=CC2)C1=N.[C-]#[O+].[C-]#[O+].[C-]#[O+].[Fe]. The van der Waals surface area contributed by atoms with Crippen molar-refractivity contribution in [2.24, 2.45) is 5.92 Å². The van der Waals surface area contributed by atoms with Crippen molar-refractivity contribution in [1.29, 1.82) is 5.41 Å². The largest absolute Gasteiger partial charge is 0 e. The van der Waals surface area contributed by atoms with E-state index in [9.17, 15) is 4.79 Å². The summed E-state index contributed by atoms with van der Waals surface area (Å²) in [4.78, 5) is 12.3. The monoisotopic (exact) mass is 437 g/mol. The number of carbonyl (C=O) groups excluding carboxylic acids is 1. The topological polar surface area (TPSA) is 101 Å². The van der Waals surface area contributed by atoms with Crippen LogP contribution in [-0.2, 0) is 35.8 Å². The molecule has 2 aliphatic rings. The van der Waals surface area contributed by atoms with Gasteiger partial charge in [-0.05, 0) is 43.4 Å². The molecule has 0 fully saturated rings. The van der Waals surface area contributed by atoms with Crippen LogP contribution in [0.5, 0.6) is 0 Å². The van der Waals surface area contributed by atoms with E-state index in [1.807, 2.05) is 19.1 Å². The summed E-state index contributed by atoms with van der Waals surface area (Å²) in [6.07, 6.45) is 17.7. The Kier molecular flexibility index (Phi) is 22.7. The molecule has 0 spiro atoms. The predicted octanol–water partition coefficient (Wildman–Crippen LogP) is 5.21. The van der Waals surface area contributed by atoms with Crippen molar-refractivity contribution in [3.8, 4) is 0 Å². The van der Waals surface area contributed by atoms with E-state index < -0.39 is 0 Å². The van der Waals surface area contributed by atoms with E-state index in [0.717, 1.165) is 36.0 Å². The first-order valence-corrected chi connectivity index (χ1v) is 9.14. The van der Waals surface area contributed by atoms with Crippen LogP contribution >= 0.6 is 0 Å². The average Bonchev–Trinajstić information content (AvgIpc) is 2.77. The average molecular weight is 437 g/mol. The third kappa shape index (κ3) is 11.0. The van der Waals surface area contributed by atoms with Gasteiger partial charge in [-0.2, -0.15) is 0 Å². The molecule has 0 aromatic heterocycles. The molecule has 1 N–H and O–H groups in total. The smallest absolute Gasteiger partial charge is 0 e. The molecule has 2 aliphatic carbocycles. The van der Waals surface area contributed by atoms with Gasteiger partial charge in [0.2, 0.25) is 0 Å². The molecule has 0 saturated carbocycles. The Balaban J connectivity index is -0.000000883. The summed E-state index contributed by atoms with van der Waals surface area (Å²) in [5.41, 5.74) is 3.25. The van der Waals surface area contributed by atoms with Gasteiger partial charge in [0.1, 0.15) is 0 Å². The fourth-order valence-electron chi connectivity index (χ4n) is 3.15.